The quantitative estimate of drug-likeness (QED) is 0.318. The van der Waals surface area contributed by atoms with E-state index in [1.54, 1.807) is 38.4 Å². The number of nitrogens with zero attached hydrogens (tertiary/aromatic N) is 2. The summed E-state index contributed by atoms with van der Waals surface area (Å²) < 4.78 is 10.9. The van der Waals surface area contributed by atoms with Crippen LogP contribution in [0, 0.1) is 5.92 Å². The zero-order valence-corrected chi connectivity index (χ0v) is 22.1. The molecule has 2 amide bonds. The zero-order chi connectivity index (χ0) is 28.7. The molecule has 3 heterocycles. The molecular formula is C27H32N4O8. The van der Waals surface area contributed by atoms with Gasteiger partial charge in [-0.25, -0.2) is 9.78 Å². The second-order valence-electron chi connectivity index (χ2n) is 9.28. The van der Waals surface area contributed by atoms with Crippen LogP contribution in [0.2, 0.25) is 0 Å². The van der Waals surface area contributed by atoms with Crippen LogP contribution in [0.5, 0.6) is 5.75 Å². The Hall–Kier alpha value is -4.32. The Bertz CT molecular complexity index is 1250. The van der Waals surface area contributed by atoms with Gasteiger partial charge in [0.05, 0.1) is 18.1 Å². The summed E-state index contributed by atoms with van der Waals surface area (Å²) in [6.07, 6.45) is 2.15. The van der Waals surface area contributed by atoms with E-state index in [0.717, 1.165) is 0 Å². The fraction of sp³-hybridized carbons (Fsp3) is 0.407. The summed E-state index contributed by atoms with van der Waals surface area (Å²) in [5.74, 6) is -5.52. The van der Waals surface area contributed by atoms with Crippen LogP contribution in [0.1, 0.15) is 50.2 Å². The monoisotopic (exact) mass is 540 g/mol. The lowest BCUT2D eigenvalue weighted by molar-refractivity contribution is -0.161. The molecule has 0 spiro atoms. The maximum Gasteiger partial charge on any atom is 0.374 e. The van der Waals surface area contributed by atoms with E-state index < -0.39 is 59.7 Å². The van der Waals surface area contributed by atoms with Crippen LogP contribution < -0.4 is 10.6 Å². The Kier molecular flexibility index (Phi) is 9.72. The van der Waals surface area contributed by atoms with Gasteiger partial charge in [-0.3, -0.25) is 19.4 Å². The molecule has 208 valence electrons. The zero-order valence-electron chi connectivity index (χ0n) is 22.1. The molecule has 5 atom stereocenters. The van der Waals surface area contributed by atoms with E-state index in [4.69, 9.17) is 9.47 Å². The van der Waals surface area contributed by atoms with Crippen molar-refractivity contribution in [1.82, 2.24) is 20.6 Å². The molecule has 1 saturated heterocycles. The van der Waals surface area contributed by atoms with Crippen LogP contribution in [-0.2, 0) is 30.3 Å². The second kappa shape index (κ2) is 13.0. The highest BCUT2D eigenvalue weighted by atomic mass is 16.6. The molecule has 39 heavy (non-hydrogen) atoms. The highest BCUT2D eigenvalue weighted by Crippen LogP contribution is 2.21. The number of aliphatic hydroxyl groups is 1. The normalized spacial score (nSPS) is 25.8. The summed E-state index contributed by atoms with van der Waals surface area (Å²) in [4.78, 5) is 60.3. The first-order valence-electron chi connectivity index (χ1n) is 12.5. The van der Waals surface area contributed by atoms with Crippen LogP contribution in [-0.4, -0.2) is 68.2 Å². The molecule has 0 radical (unpaired) electrons. The number of pyridine rings is 2. The number of rotatable bonds is 5. The minimum absolute atomic E-state index is 0.0882. The number of aromatic nitrogens is 2. The van der Waals surface area contributed by atoms with Crippen molar-refractivity contribution in [3.05, 3.63) is 65.4 Å². The summed E-state index contributed by atoms with van der Waals surface area (Å²) in [5.41, 5.74) is 0.733. The van der Waals surface area contributed by atoms with Crippen molar-refractivity contribution in [3.63, 3.8) is 0 Å². The third-order valence-electron chi connectivity index (χ3n) is 6.44. The highest BCUT2D eigenvalue weighted by Gasteiger charge is 2.39. The molecule has 1 fully saturated rings. The van der Waals surface area contributed by atoms with Crippen molar-refractivity contribution in [3.8, 4) is 5.75 Å². The maximum atomic E-state index is 13.6. The summed E-state index contributed by atoms with van der Waals surface area (Å²) in [6, 6.07) is 3.62. The minimum Gasteiger partial charge on any atom is -0.505 e. The molecule has 2 aromatic heterocycles. The lowest BCUT2D eigenvalue weighted by atomic mass is 9.92. The maximum absolute atomic E-state index is 13.6. The molecule has 1 aliphatic heterocycles. The topological polar surface area (TPSA) is 177 Å². The number of aromatic hydroxyl groups is 1. The standard InChI is InChI=1S/C27H32N4O8/c1-5-14(2)23-27(37)38-16(4)20(31-25(35)21-19(32)9-7-11-29-21)24(34)30-18(12-17-8-6-10-28-13-17)22(33)15(3)26(36)39-23/h6-11,13,15-16,18,20,22,32-33H,5,12H2,1-4H3,(H,30,34)(H,31,35)/t15-,16-,18+,20+,22+/m1/s1. The number of ether oxygens (including phenoxy) is 2. The van der Waals surface area contributed by atoms with Crippen molar-refractivity contribution in [2.24, 2.45) is 5.92 Å². The SMILES string of the molecule is CCC(C)=C1OC(=O)[C@H](C)[C@H](O)[C@H](Cc2cccnc2)NC(=O)[C@@H](NC(=O)c2ncccc2O)[C@@H](C)OC1=O. The van der Waals surface area contributed by atoms with Gasteiger partial charge in [0.1, 0.15) is 17.9 Å². The molecule has 12 heteroatoms. The Labute approximate surface area is 225 Å². The van der Waals surface area contributed by atoms with E-state index >= 15 is 0 Å². The molecule has 0 aliphatic carbocycles. The average molecular weight is 541 g/mol. The third kappa shape index (κ3) is 7.17. The summed E-state index contributed by atoms with van der Waals surface area (Å²) in [5, 5.41) is 26.3. The molecule has 0 bridgehead atoms. The highest BCUT2D eigenvalue weighted by molar-refractivity contribution is 5.98. The largest absolute Gasteiger partial charge is 0.505 e. The number of cyclic esters (lactones) is 2. The Balaban J connectivity index is 2.03. The first kappa shape index (κ1) is 29.2. The predicted octanol–water partition coefficient (Wildman–Crippen LogP) is 1.18. The van der Waals surface area contributed by atoms with Crippen LogP contribution in [0.3, 0.4) is 0 Å². The number of amides is 2. The molecule has 4 N–H and O–H groups in total. The number of allylic oxidation sites excluding steroid dienone is 1. The summed E-state index contributed by atoms with van der Waals surface area (Å²) in [6.45, 7) is 6.13. The number of hydrogen-bond acceptors (Lipinski definition) is 10. The number of carbonyl (C=O) groups is 4. The molecule has 0 unspecified atom stereocenters. The Morgan fingerprint density at radius 1 is 1.15 bits per heavy atom. The van der Waals surface area contributed by atoms with Gasteiger partial charge >= 0.3 is 11.9 Å². The van der Waals surface area contributed by atoms with Gasteiger partial charge in [-0.1, -0.05) is 13.0 Å². The van der Waals surface area contributed by atoms with Gasteiger partial charge in [-0.15, -0.1) is 0 Å². The molecule has 1 aliphatic rings. The molecule has 3 rings (SSSR count). The Morgan fingerprint density at radius 2 is 1.87 bits per heavy atom. The first-order chi connectivity index (χ1) is 18.5. The number of nitrogens with one attached hydrogen (secondary N) is 2. The summed E-state index contributed by atoms with van der Waals surface area (Å²) >= 11 is 0. The van der Waals surface area contributed by atoms with Crippen molar-refractivity contribution in [2.45, 2.75) is 64.8 Å². The molecular weight excluding hydrogens is 508 g/mol. The Morgan fingerprint density at radius 3 is 2.51 bits per heavy atom. The van der Waals surface area contributed by atoms with Gasteiger partial charge in [0.25, 0.3) is 5.91 Å². The van der Waals surface area contributed by atoms with Gasteiger partial charge in [-0.05, 0) is 62.9 Å². The van der Waals surface area contributed by atoms with E-state index in [2.05, 4.69) is 20.6 Å². The minimum atomic E-state index is -1.47. The molecule has 2 aromatic rings. The molecule has 12 nitrogen and oxygen atoms in total. The fourth-order valence-corrected chi connectivity index (χ4v) is 3.92. The van der Waals surface area contributed by atoms with Crippen molar-refractivity contribution < 1.29 is 38.9 Å². The van der Waals surface area contributed by atoms with Crippen LogP contribution >= 0.6 is 0 Å². The van der Waals surface area contributed by atoms with Crippen LogP contribution in [0.25, 0.3) is 0 Å². The molecule has 0 saturated carbocycles. The van der Waals surface area contributed by atoms with Crippen molar-refractivity contribution >= 4 is 23.8 Å². The number of aliphatic hydroxyl groups excluding tert-OH is 1. The number of esters is 2. The third-order valence-corrected chi connectivity index (χ3v) is 6.44. The lowest BCUT2D eigenvalue weighted by Gasteiger charge is -2.32. The second-order valence-corrected chi connectivity index (χ2v) is 9.28. The van der Waals surface area contributed by atoms with Crippen LogP contribution in [0.4, 0.5) is 0 Å². The van der Waals surface area contributed by atoms with Crippen molar-refractivity contribution in [1.29, 1.82) is 0 Å². The van der Waals surface area contributed by atoms with Gasteiger partial charge in [0, 0.05) is 18.6 Å². The first-order valence-corrected chi connectivity index (χ1v) is 12.5. The van der Waals surface area contributed by atoms with Gasteiger partial charge in [0.2, 0.25) is 11.7 Å². The van der Waals surface area contributed by atoms with E-state index in [1.807, 2.05) is 0 Å². The van der Waals surface area contributed by atoms with E-state index in [1.165, 1.54) is 32.2 Å². The smallest absolute Gasteiger partial charge is 0.374 e. The lowest BCUT2D eigenvalue weighted by Crippen LogP contribution is -2.59. The van der Waals surface area contributed by atoms with E-state index in [-0.39, 0.29) is 17.9 Å². The van der Waals surface area contributed by atoms with Gasteiger partial charge in [-0.2, -0.15) is 0 Å². The fourth-order valence-electron chi connectivity index (χ4n) is 3.92. The van der Waals surface area contributed by atoms with Gasteiger partial charge < -0.3 is 30.3 Å². The van der Waals surface area contributed by atoms with Gasteiger partial charge in [0.15, 0.2) is 5.69 Å². The van der Waals surface area contributed by atoms with Crippen molar-refractivity contribution in [2.75, 3.05) is 0 Å². The number of carbonyl (C=O) groups excluding carboxylic acids is 4. The average Bonchev–Trinajstić information content (AvgIpc) is 2.92. The van der Waals surface area contributed by atoms with E-state index in [0.29, 0.717) is 17.6 Å². The van der Waals surface area contributed by atoms with E-state index in [9.17, 15) is 29.4 Å². The van der Waals surface area contributed by atoms with Crippen LogP contribution in [0.15, 0.2) is 54.2 Å². The predicted molar refractivity (Wildman–Crippen MR) is 137 cm³/mol. The number of hydrogen-bond donors (Lipinski definition) is 4. The molecule has 0 aromatic carbocycles. The summed E-state index contributed by atoms with van der Waals surface area (Å²) in [7, 11) is 0.